The highest BCUT2D eigenvalue weighted by Crippen LogP contribution is 2.55. The molecule has 3 nitrogen and oxygen atoms in total. The molecular formula is C35H33F6NO2. The zero-order valence-electron chi connectivity index (χ0n) is 23.9. The first-order chi connectivity index (χ1) is 21.0. The number of fused-ring (bicyclic) bond motifs is 3. The van der Waals surface area contributed by atoms with Crippen LogP contribution in [0.5, 0.6) is 0 Å². The molecule has 9 heteroatoms. The lowest BCUT2D eigenvalue weighted by Gasteiger charge is -2.34. The van der Waals surface area contributed by atoms with Gasteiger partial charge in [-0.1, -0.05) is 42.5 Å². The number of unbranched alkanes of at least 4 members (excludes halogenated alkanes) is 2. The molecular weight excluding hydrogens is 580 g/mol. The fourth-order valence-electron chi connectivity index (χ4n) is 6.41. The Labute approximate surface area is 252 Å². The van der Waals surface area contributed by atoms with Gasteiger partial charge in [-0.05, 0) is 109 Å². The molecule has 0 aromatic heterocycles. The highest BCUT2D eigenvalue weighted by Gasteiger charge is 2.42. The lowest BCUT2D eigenvalue weighted by atomic mass is 9.70. The van der Waals surface area contributed by atoms with E-state index in [-0.39, 0.29) is 24.6 Å². The van der Waals surface area contributed by atoms with E-state index in [0.717, 1.165) is 46.5 Å². The summed E-state index contributed by atoms with van der Waals surface area (Å²) in [5, 5.41) is 19.1. The molecule has 5 rings (SSSR count). The number of hydrogen-bond acceptors (Lipinski definition) is 3. The lowest BCUT2D eigenvalue weighted by molar-refractivity contribution is -0.138. The summed E-state index contributed by atoms with van der Waals surface area (Å²) >= 11 is 0. The normalized spacial score (nSPS) is 13.9. The summed E-state index contributed by atoms with van der Waals surface area (Å²) in [6.45, 7) is 0.0558. The van der Waals surface area contributed by atoms with Gasteiger partial charge in [-0.2, -0.15) is 26.3 Å². The molecule has 232 valence electrons. The number of halogens is 6. The van der Waals surface area contributed by atoms with Gasteiger partial charge < -0.3 is 15.1 Å². The van der Waals surface area contributed by atoms with Crippen molar-refractivity contribution in [3.8, 4) is 11.1 Å². The first-order valence-corrected chi connectivity index (χ1v) is 14.6. The highest BCUT2D eigenvalue weighted by atomic mass is 19.4. The van der Waals surface area contributed by atoms with Gasteiger partial charge in [0.05, 0.1) is 11.1 Å². The first kappa shape index (κ1) is 31.6. The quantitative estimate of drug-likeness (QED) is 0.131. The van der Waals surface area contributed by atoms with Gasteiger partial charge in [-0.15, -0.1) is 0 Å². The van der Waals surface area contributed by atoms with E-state index in [0.29, 0.717) is 44.2 Å². The summed E-state index contributed by atoms with van der Waals surface area (Å²) in [6.07, 6.45) is -5.36. The smallest absolute Gasteiger partial charge is 0.396 e. The van der Waals surface area contributed by atoms with Crippen molar-refractivity contribution < 1.29 is 36.6 Å². The van der Waals surface area contributed by atoms with Crippen LogP contribution in [0, 0.1) is 0 Å². The predicted molar refractivity (Wildman–Crippen MR) is 159 cm³/mol. The highest BCUT2D eigenvalue weighted by molar-refractivity contribution is 5.86. The molecule has 4 aromatic carbocycles. The van der Waals surface area contributed by atoms with E-state index in [9.17, 15) is 36.6 Å². The molecule has 4 aromatic rings. The molecule has 0 fully saturated rings. The van der Waals surface area contributed by atoms with E-state index >= 15 is 0 Å². The Balaban J connectivity index is 1.73. The standard InChI is InChI=1S/C35H33F6NO2/c36-34(37,38)24-9-7-11-26(21-24)42(27-12-8-10-25(22-27)35(39,40)41)28-15-16-30-29-13-1-2-14-31(29)33(32(30)23-28,17-3-5-19-43)18-4-6-20-44/h1-2,7-16,21-23,43-44H,3-6,17-20H2. The van der Waals surface area contributed by atoms with Crippen LogP contribution in [0.3, 0.4) is 0 Å². The second-order valence-electron chi connectivity index (χ2n) is 11.2. The Bertz CT molecular complexity index is 1530. The third-order valence-corrected chi connectivity index (χ3v) is 8.40. The molecule has 0 radical (unpaired) electrons. The molecule has 2 N–H and O–H groups in total. The van der Waals surface area contributed by atoms with Crippen LogP contribution in [0.4, 0.5) is 43.4 Å². The fourth-order valence-corrected chi connectivity index (χ4v) is 6.41. The van der Waals surface area contributed by atoms with Gasteiger partial charge in [0.2, 0.25) is 0 Å². The van der Waals surface area contributed by atoms with Gasteiger partial charge in [0.1, 0.15) is 0 Å². The van der Waals surface area contributed by atoms with E-state index in [1.165, 1.54) is 29.2 Å². The van der Waals surface area contributed by atoms with E-state index in [1.807, 2.05) is 30.3 Å². The molecule has 0 aliphatic heterocycles. The fraction of sp³-hybridized carbons (Fsp3) is 0.314. The maximum absolute atomic E-state index is 13.8. The maximum atomic E-state index is 13.8. The number of aliphatic hydroxyl groups is 2. The third kappa shape index (κ3) is 6.21. The SMILES string of the molecule is OCCCCC1(CCCCO)c2ccccc2-c2ccc(N(c3cccc(C(F)(F)F)c3)c3cccc(C(F)(F)F)c3)cc21. The number of aliphatic hydroxyl groups excluding tert-OH is 2. The Morgan fingerprint density at radius 2 is 1.02 bits per heavy atom. The van der Waals surface area contributed by atoms with Gasteiger partial charge in [0.25, 0.3) is 0 Å². The second kappa shape index (κ2) is 12.7. The van der Waals surface area contributed by atoms with Gasteiger partial charge in [-0.25, -0.2) is 0 Å². The topological polar surface area (TPSA) is 43.7 Å². The second-order valence-corrected chi connectivity index (χ2v) is 11.2. The average Bonchev–Trinajstić information content (AvgIpc) is 3.26. The molecule has 1 aliphatic rings. The molecule has 0 saturated carbocycles. The Kier molecular flexibility index (Phi) is 9.09. The largest absolute Gasteiger partial charge is 0.416 e. The lowest BCUT2D eigenvalue weighted by Crippen LogP contribution is -2.26. The van der Waals surface area contributed by atoms with E-state index < -0.39 is 28.9 Å². The number of anilines is 3. The monoisotopic (exact) mass is 613 g/mol. The number of nitrogens with zero attached hydrogens (tertiary/aromatic N) is 1. The van der Waals surface area contributed by atoms with E-state index in [4.69, 9.17) is 0 Å². The van der Waals surface area contributed by atoms with E-state index in [2.05, 4.69) is 6.07 Å². The zero-order valence-corrected chi connectivity index (χ0v) is 23.9. The van der Waals surface area contributed by atoms with Crippen molar-refractivity contribution in [3.05, 3.63) is 113 Å². The Hall–Kier alpha value is -3.82. The van der Waals surface area contributed by atoms with Crippen molar-refractivity contribution in [1.29, 1.82) is 0 Å². The molecule has 0 amide bonds. The molecule has 1 aliphatic carbocycles. The van der Waals surface area contributed by atoms with Gasteiger partial charge >= 0.3 is 12.4 Å². The number of rotatable bonds is 11. The van der Waals surface area contributed by atoms with Crippen molar-refractivity contribution in [2.75, 3.05) is 18.1 Å². The van der Waals surface area contributed by atoms with Crippen molar-refractivity contribution in [1.82, 2.24) is 0 Å². The summed E-state index contributed by atoms with van der Waals surface area (Å²) < 4.78 is 82.7. The van der Waals surface area contributed by atoms with Crippen LogP contribution in [0.25, 0.3) is 11.1 Å². The molecule has 0 heterocycles. The van der Waals surface area contributed by atoms with Gasteiger partial charge in [0, 0.05) is 35.7 Å². The van der Waals surface area contributed by atoms with Crippen LogP contribution < -0.4 is 4.90 Å². The summed E-state index contributed by atoms with van der Waals surface area (Å²) in [4.78, 5) is 1.43. The predicted octanol–water partition coefficient (Wildman–Crippen LogP) is 9.79. The number of hydrogen-bond donors (Lipinski definition) is 2. The van der Waals surface area contributed by atoms with E-state index in [1.54, 1.807) is 6.07 Å². The van der Waals surface area contributed by atoms with Crippen LogP contribution in [0.15, 0.2) is 91.0 Å². The first-order valence-electron chi connectivity index (χ1n) is 14.6. The van der Waals surface area contributed by atoms with Crippen molar-refractivity contribution in [3.63, 3.8) is 0 Å². The average molecular weight is 614 g/mol. The van der Waals surface area contributed by atoms with Crippen molar-refractivity contribution in [2.45, 2.75) is 56.3 Å². The summed E-state index contributed by atoms with van der Waals surface area (Å²) in [5.41, 5.74) is 2.21. The Morgan fingerprint density at radius 3 is 1.55 bits per heavy atom. The minimum Gasteiger partial charge on any atom is -0.396 e. The van der Waals surface area contributed by atoms with Gasteiger partial charge in [-0.3, -0.25) is 0 Å². The number of benzene rings is 4. The van der Waals surface area contributed by atoms with Crippen LogP contribution in [-0.4, -0.2) is 23.4 Å². The minimum atomic E-state index is -4.65. The Morgan fingerprint density at radius 1 is 0.523 bits per heavy atom. The molecule has 0 atom stereocenters. The van der Waals surface area contributed by atoms with Crippen LogP contribution >= 0.6 is 0 Å². The molecule has 0 bridgehead atoms. The zero-order chi connectivity index (χ0) is 31.5. The molecule has 0 unspecified atom stereocenters. The minimum absolute atomic E-state index is 0.0279. The van der Waals surface area contributed by atoms with Crippen LogP contribution in [-0.2, 0) is 17.8 Å². The summed E-state index contributed by atoms with van der Waals surface area (Å²) in [7, 11) is 0. The summed E-state index contributed by atoms with van der Waals surface area (Å²) in [5.74, 6) is 0. The van der Waals surface area contributed by atoms with Crippen molar-refractivity contribution >= 4 is 17.1 Å². The molecule has 0 saturated heterocycles. The van der Waals surface area contributed by atoms with Gasteiger partial charge in [0.15, 0.2) is 0 Å². The number of alkyl halides is 6. The summed E-state index contributed by atoms with van der Waals surface area (Å²) in [6, 6.07) is 22.6. The van der Waals surface area contributed by atoms with Crippen molar-refractivity contribution in [2.24, 2.45) is 0 Å². The molecule has 44 heavy (non-hydrogen) atoms. The maximum Gasteiger partial charge on any atom is 0.416 e. The van der Waals surface area contributed by atoms with Crippen LogP contribution in [0.1, 0.15) is 60.8 Å². The molecule has 0 spiro atoms. The van der Waals surface area contributed by atoms with Crippen LogP contribution in [0.2, 0.25) is 0 Å². The third-order valence-electron chi connectivity index (χ3n) is 8.40.